The SMILES string of the molecule is FC1CCCC(F)(C2CCCCCCC2)CCC1. The van der Waals surface area contributed by atoms with Gasteiger partial charge in [-0.15, -0.1) is 0 Å². The predicted molar refractivity (Wildman–Crippen MR) is 72.2 cm³/mol. The summed E-state index contributed by atoms with van der Waals surface area (Å²) in [5.74, 6) is 0.258. The van der Waals surface area contributed by atoms with E-state index in [0.29, 0.717) is 25.7 Å². The highest BCUT2D eigenvalue weighted by molar-refractivity contribution is 4.89. The van der Waals surface area contributed by atoms with E-state index in [2.05, 4.69) is 0 Å². The second kappa shape index (κ2) is 6.86. The summed E-state index contributed by atoms with van der Waals surface area (Å²) in [7, 11) is 0. The van der Waals surface area contributed by atoms with Crippen molar-refractivity contribution in [3.05, 3.63) is 0 Å². The molecule has 0 unspecified atom stereocenters. The zero-order valence-electron chi connectivity index (χ0n) is 11.6. The number of rotatable bonds is 1. The van der Waals surface area contributed by atoms with Gasteiger partial charge in [0.25, 0.3) is 0 Å². The van der Waals surface area contributed by atoms with Crippen molar-refractivity contribution in [2.24, 2.45) is 5.92 Å². The standard InChI is InChI=1S/C16H28F2/c17-15-10-6-12-16(18,13-7-11-15)14-8-4-2-1-3-5-9-14/h14-15H,1-13H2. The molecule has 0 amide bonds. The van der Waals surface area contributed by atoms with E-state index in [1.807, 2.05) is 0 Å². The lowest BCUT2D eigenvalue weighted by atomic mass is 9.73. The molecule has 2 heteroatoms. The van der Waals surface area contributed by atoms with Crippen LogP contribution in [0.5, 0.6) is 0 Å². The molecule has 0 aromatic carbocycles. The minimum atomic E-state index is -0.975. The number of halogens is 2. The van der Waals surface area contributed by atoms with Crippen LogP contribution in [0.15, 0.2) is 0 Å². The van der Waals surface area contributed by atoms with E-state index >= 15 is 4.39 Å². The third kappa shape index (κ3) is 3.93. The second-order valence-electron chi connectivity index (χ2n) is 6.46. The summed E-state index contributed by atoms with van der Waals surface area (Å²) in [6.45, 7) is 0. The molecule has 0 bridgehead atoms. The molecule has 2 fully saturated rings. The zero-order chi connectivity index (χ0) is 12.8. The lowest BCUT2D eigenvalue weighted by molar-refractivity contribution is 0.0285. The molecule has 0 heterocycles. The van der Waals surface area contributed by atoms with Crippen LogP contribution in [-0.2, 0) is 0 Å². The molecule has 106 valence electrons. The zero-order valence-corrected chi connectivity index (χ0v) is 11.6. The normalized spacial score (nSPS) is 37.3. The molecule has 0 radical (unpaired) electrons. The maximum Gasteiger partial charge on any atom is 0.113 e. The van der Waals surface area contributed by atoms with Crippen molar-refractivity contribution in [3.8, 4) is 0 Å². The highest BCUT2D eigenvalue weighted by Gasteiger charge is 2.38. The Balaban J connectivity index is 1.93. The van der Waals surface area contributed by atoms with Gasteiger partial charge < -0.3 is 0 Å². The first kappa shape index (κ1) is 14.3. The van der Waals surface area contributed by atoms with E-state index in [9.17, 15) is 4.39 Å². The summed E-state index contributed by atoms with van der Waals surface area (Å²) in [6.07, 6.45) is 11.6. The Bertz CT molecular complexity index is 221. The van der Waals surface area contributed by atoms with E-state index in [4.69, 9.17) is 0 Å². The number of hydrogen-bond acceptors (Lipinski definition) is 0. The van der Waals surface area contributed by atoms with Crippen molar-refractivity contribution in [3.63, 3.8) is 0 Å². The van der Waals surface area contributed by atoms with E-state index in [-0.39, 0.29) is 5.92 Å². The average Bonchev–Trinajstić information content (AvgIpc) is 2.25. The molecule has 2 saturated carbocycles. The van der Waals surface area contributed by atoms with Gasteiger partial charge in [-0.3, -0.25) is 0 Å². The first-order valence-electron chi connectivity index (χ1n) is 8.04. The van der Waals surface area contributed by atoms with E-state index < -0.39 is 11.8 Å². The molecule has 0 aliphatic heterocycles. The van der Waals surface area contributed by atoms with Gasteiger partial charge in [0.2, 0.25) is 0 Å². The Morgan fingerprint density at radius 1 is 0.667 bits per heavy atom. The van der Waals surface area contributed by atoms with Gasteiger partial charge >= 0.3 is 0 Å². The fraction of sp³-hybridized carbons (Fsp3) is 1.00. The van der Waals surface area contributed by atoms with Crippen molar-refractivity contribution in [1.82, 2.24) is 0 Å². The third-order valence-electron chi connectivity index (χ3n) is 5.06. The average molecular weight is 258 g/mol. The largest absolute Gasteiger partial charge is 0.247 e. The van der Waals surface area contributed by atoms with Gasteiger partial charge in [0.1, 0.15) is 11.8 Å². The Hall–Kier alpha value is -0.140. The molecule has 0 N–H and O–H groups in total. The molecule has 0 nitrogen and oxygen atoms in total. The topological polar surface area (TPSA) is 0 Å². The molecule has 0 aromatic heterocycles. The van der Waals surface area contributed by atoms with Gasteiger partial charge in [-0.2, -0.15) is 0 Å². The fourth-order valence-corrected chi connectivity index (χ4v) is 3.89. The quantitative estimate of drug-likeness (QED) is 0.562. The fourth-order valence-electron chi connectivity index (χ4n) is 3.89. The maximum absolute atomic E-state index is 15.2. The van der Waals surface area contributed by atoms with Gasteiger partial charge in [0, 0.05) is 0 Å². The Labute approximate surface area is 111 Å². The summed E-state index contributed by atoms with van der Waals surface area (Å²) in [6, 6.07) is 0. The minimum Gasteiger partial charge on any atom is -0.247 e. The lowest BCUT2D eigenvalue weighted by Crippen LogP contribution is -2.35. The van der Waals surface area contributed by atoms with Crippen LogP contribution < -0.4 is 0 Å². The molecule has 2 aliphatic carbocycles. The van der Waals surface area contributed by atoms with Crippen LogP contribution in [0.4, 0.5) is 8.78 Å². The highest BCUT2D eigenvalue weighted by atomic mass is 19.1. The Morgan fingerprint density at radius 2 is 1.17 bits per heavy atom. The summed E-state index contributed by atoms with van der Waals surface area (Å²) in [4.78, 5) is 0. The maximum atomic E-state index is 15.2. The van der Waals surface area contributed by atoms with Gasteiger partial charge in [-0.1, -0.05) is 32.1 Å². The Kier molecular flexibility index (Phi) is 5.44. The van der Waals surface area contributed by atoms with Gasteiger partial charge in [-0.05, 0) is 57.3 Å². The highest BCUT2D eigenvalue weighted by Crippen LogP contribution is 2.42. The number of alkyl halides is 2. The van der Waals surface area contributed by atoms with Gasteiger partial charge in [0.05, 0.1) is 0 Å². The minimum absolute atomic E-state index is 0.258. The molecule has 0 spiro atoms. The smallest absolute Gasteiger partial charge is 0.113 e. The molecular formula is C16H28F2. The Morgan fingerprint density at radius 3 is 1.72 bits per heavy atom. The molecule has 0 saturated heterocycles. The first-order valence-corrected chi connectivity index (χ1v) is 8.04. The number of hydrogen-bond donors (Lipinski definition) is 0. The molecule has 2 rings (SSSR count). The summed E-state index contributed by atoms with van der Waals surface area (Å²) in [5.41, 5.74) is -0.975. The third-order valence-corrected chi connectivity index (χ3v) is 5.06. The van der Waals surface area contributed by atoms with Crippen LogP contribution in [0.3, 0.4) is 0 Å². The molecule has 0 atom stereocenters. The van der Waals surface area contributed by atoms with Crippen molar-refractivity contribution >= 4 is 0 Å². The lowest BCUT2D eigenvalue weighted by Gasteiger charge is -2.37. The van der Waals surface area contributed by atoms with Crippen LogP contribution in [0.1, 0.15) is 83.5 Å². The van der Waals surface area contributed by atoms with E-state index in [1.54, 1.807) is 0 Å². The summed E-state index contributed by atoms with van der Waals surface area (Å²) in [5, 5.41) is 0. The van der Waals surface area contributed by atoms with E-state index in [1.165, 1.54) is 32.1 Å². The van der Waals surface area contributed by atoms with Crippen LogP contribution in [0.2, 0.25) is 0 Å². The van der Waals surface area contributed by atoms with Crippen molar-refractivity contribution in [2.45, 2.75) is 95.3 Å². The summed E-state index contributed by atoms with van der Waals surface area (Å²) < 4.78 is 28.5. The molecule has 18 heavy (non-hydrogen) atoms. The summed E-state index contributed by atoms with van der Waals surface area (Å²) >= 11 is 0. The monoisotopic (exact) mass is 258 g/mol. The van der Waals surface area contributed by atoms with Gasteiger partial charge in [-0.25, -0.2) is 8.78 Å². The van der Waals surface area contributed by atoms with Gasteiger partial charge in [0.15, 0.2) is 0 Å². The van der Waals surface area contributed by atoms with Crippen molar-refractivity contribution < 1.29 is 8.78 Å². The van der Waals surface area contributed by atoms with Crippen molar-refractivity contribution in [1.29, 1.82) is 0 Å². The first-order chi connectivity index (χ1) is 8.71. The molecular weight excluding hydrogens is 230 g/mol. The van der Waals surface area contributed by atoms with Crippen molar-refractivity contribution in [2.75, 3.05) is 0 Å². The van der Waals surface area contributed by atoms with Crippen LogP contribution in [0, 0.1) is 5.92 Å². The van der Waals surface area contributed by atoms with E-state index in [0.717, 1.165) is 25.7 Å². The van der Waals surface area contributed by atoms with Crippen LogP contribution in [-0.4, -0.2) is 11.8 Å². The second-order valence-corrected chi connectivity index (χ2v) is 6.46. The molecule has 2 aliphatic rings. The van der Waals surface area contributed by atoms with Crippen LogP contribution in [0.25, 0.3) is 0 Å². The molecule has 0 aromatic rings. The predicted octanol–water partition coefficient (Wildman–Crippen LogP) is 5.75. The van der Waals surface area contributed by atoms with Crippen LogP contribution >= 0.6 is 0 Å².